The maximum Gasteiger partial charge on any atom is 0.269 e. The lowest BCUT2D eigenvalue weighted by Gasteiger charge is -2.33. The number of carbonyl (C=O) groups is 1. The summed E-state index contributed by atoms with van der Waals surface area (Å²) >= 11 is 13.9. The van der Waals surface area contributed by atoms with E-state index in [2.05, 4.69) is 91.2 Å². The molecule has 0 fully saturated rings. The lowest BCUT2D eigenvalue weighted by molar-refractivity contribution is -0.114. The fourth-order valence-electron chi connectivity index (χ4n) is 3.62. The predicted octanol–water partition coefficient (Wildman–Crippen LogP) is 4.62. The highest BCUT2D eigenvalue weighted by atomic mass is 79.9. The Morgan fingerprint density at radius 2 is 1.97 bits per heavy atom. The summed E-state index contributed by atoms with van der Waals surface area (Å²) in [4.78, 5) is 20.3. The number of hydrogen-bond donors (Lipinski definition) is 2. The average molecular weight is 745 g/mol. The predicted molar refractivity (Wildman–Crippen MR) is 149 cm³/mol. The second-order valence-electron chi connectivity index (χ2n) is 8.44. The van der Waals surface area contributed by atoms with E-state index >= 15 is 0 Å². The van der Waals surface area contributed by atoms with Gasteiger partial charge >= 0.3 is 0 Å². The Hall–Kier alpha value is -0.920. The van der Waals surface area contributed by atoms with Crippen LogP contribution in [0.3, 0.4) is 0 Å². The molecule has 2 atom stereocenters. The summed E-state index contributed by atoms with van der Waals surface area (Å²) in [5.41, 5.74) is 0.244. The Kier molecular flexibility index (Phi) is 10.3. The molecule has 1 spiro atoms. The molecule has 0 saturated carbocycles. The van der Waals surface area contributed by atoms with Crippen LogP contribution in [0.15, 0.2) is 47.0 Å². The number of aliphatic hydroxyl groups is 1. The van der Waals surface area contributed by atoms with E-state index in [-0.39, 0.29) is 18.0 Å². The fraction of sp³-hybridized carbons (Fsp3) is 0.478. The minimum Gasteiger partial charge on any atom is -0.495 e. The highest BCUT2D eigenvalue weighted by Crippen LogP contribution is 2.44. The Morgan fingerprint density at radius 1 is 1.29 bits per heavy atom. The number of oxime groups is 1. The molecule has 0 unspecified atom stereocenters. The molecule has 1 aliphatic carbocycles. The number of halogens is 4. The van der Waals surface area contributed by atoms with Gasteiger partial charge in [-0.05, 0) is 114 Å². The number of rotatable bonds is 10. The average Bonchev–Trinajstić information content (AvgIpc) is 3.22. The molecule has 0 radical (unpaired) electrons. The van der Waals surface area contributed by atoms with Crippen molar-refractivity contribution in [2.45, 2.75) is 31.0 Å². The monoisotopic (exact) mass is 741 g/mol. The van der Waals surface area contributed by atoms with Gasteiger partial charge in [0, 0.05) is 19.5 Å². The van der Waals surface area contributed by atoms with Crippen molar-refractivity contribution in [3.8, 4) is 5.75 Å². The normalized spacial score (nSPS) is 21.7. The van der Waals surface area contributed by atoms with Gasteiger partial charge < -0.3 is 29.6 Å². The van der Waals surface area contributed by atoms with Gasteiger partial charge in [-0.1, -0.05) is 5.16 Å². The minimum absolute atomic E-state index is 0.123. The van der Waals surface area contributed by atoms with Crippen molar-refractivity contribution in [2.75, 3.05) is 40.9 Å². The van der Waals surface area contributed by atoms with Crippen molar-refractivity contribution in [1.82, 2.24) is 10.2 Å². The summed E-state index contributed by atoms with van der Waals surface area (Å²) in [7, 11) is 5.60. The molecule has 1 aliphatic heterocycles. The third kappa shape index (κ3) is 6.89. The van der Waals surface area contributed by atoms with Gasteiger partial charge in [0.1, 0.15) is 23.3 Å². The second kappa shape index (κ2) is 12.6. The number of benzene rings is 1. The SMILES string of the molecule is COC1=C(Br)[C@H](O)[C@@]2(C=C1Br)CC(C(=O)NCCCOc1c(Br)cc(CCN(C)C)cc1Br)=NO2. The molecular formula is C23H27Br4N3O5. The molecule has 3 rings (SSSR count). The zero-order valence-electron chi connectivity index (χ0n) is 19.5. The molecule has 1 aromatic rings. The molecular weight excluding hydrogens is 718 g/mol. The van der Waals surface area contributed by atoms with Gasteiger partial charge in [0.05, 0.1) is 31.6 Å². The van der Waals surface area contributed by atoms with E-state index < -0.39 is 11.7 Å². The number of hydrogen-bond acceptors (Lipinski definition) is 7. The summed E-state index contributed by atoms with van der Waals surface area (Å²) in [5.74, 6) is 0.855. The molecule has 0 saturated heterocycles. The highest BCUT2D eigenvalue weighted by Gasteiger charge is 2.50. The summed E-state index contributed by atoms with van der Waals surface area (Å²) in [6, 6.07) is 4.13. The molecule has 0 bridgehead atoms. The molecule has 1 heterocycles. The molecule has 35 heavy (non-hydrogen) atoms. The largest absolute Gasteiger partial charge is 0.495 e. The molecule has 192 valence electrons. The van der Waals surface area contributed by atoms with Crippen LogP contribution in [0.25, 0.3) is 0 Å². The van der Waals surface area contributed by atoms with E-state index in [0.29, 0.717) is 34.3 Å². The van der Waals surface area contributed by atoms with Crippen LogP contribution in [0, 0.1) is 0 Å². The van der Waals surface area contributed by atoms with E-state index in [4.69, 9.17) is 14.3 Å². The first kappa shape index (κ1) is 28.6. The standard InChI is InChI=1S/C23H27Br4N3O5/c1-30(2)7-5-13-9-14(24)19(15(25)10-13)34-8-4-6-28-22(32)17-12-23(35-29-17)11-16(26)20(33-3)18(27)21(23)31/h9-11,21,31H,4-8,12H2,1-3H3,(H,28,32)/t21-,23+/m0/s1. The summed E-state index contributed by atoms with van der Waals surface area (Å²) in [5, 5.41) is 17.5. The number of nitrogens with zero attached hydrogens (tertiary/aromatic N) is 2. The van der Waals surface area contributed by atoms with E-state index in [1.165, 1.54) is 12.7 Å². The van der Waals surface area contributed by atoms with Crippen molar-refractivity contribution in [3.63, 3.8) is 0 Å². The number of aliphatic hydroxyl groups excluding tert-OH is 1. The Bertz CT molecular complexity index is 1040. The van der Waals surface area contributed by atoms with Crippen molar-refractivity contribution >= 4 is 75.3 Å². The van der Waals surface area contributed by atoms with Crippen molar-refractivity contribution < 1.29 is 24.2 Å². The first-order valence-electron chi connectivity index (χ1n) is 10.9. The van der Waals surface area contributed by atoms with Gasteiger partial charge in [0.2, 0.25) is 0 Å². The van der Waals surface area contributed by atoms with Crippen molar-refractivity contribution in [2.24, 2.45) is 5.16 Å². The Labute approximate surface area is 238 Å². The maximum absolute atomic E-state index is 12.6. The maximum atomic E-state index is 12.6. The van der Waals surface area contributed by atoms with Crippen molar-refractivity contribution in [1.29, 1.82) is 0 Å². The number of allylic oxidation sites excluding steroid dienone is 1. The number of methoxy groups -OCH3 is 1. The zero-order valence-corrected chi connectivity index (χ0v) is 25.9. The van der Waals surface area contributed by atoms with E-state index in [0.717, 1.165) is 27.7 Å². The first-order chi connectivity index (χ1) is 16.6. The van der Waals surface area contributed by atoms with Crippen LogP contribution in [-0.2, 0) is 20.8 Å². The Balaban J connectivity index is 1.46. The molecule has 2 N–H and O–H groups in total. The lowest BCUT2D eigenvalue weighted by Crippen LogP contribution is -2.45. The van der Waals surface area contributed by atoms with Gasteiger partial charge in [0.15, 0.2) is 5.60 Å². The van der Waals surface area contributed by atoms with Crippen LogP contribution in [0.2, 0.25) is 0 Å². The smallest absolute Gasteiger partial charge is 0.269 e. The number of ether oxygens (including phenoxy) is 2. The van der Waals surface area contributed by atoms with Crippen LogP contribution in [0.1, 0.15) is 18.4 Å². The van der Waals surface area contributed by atoms with E-state index in [9.17, 15) is 9.90 Å². The molecule has 2 aliphatic rings. The first-order valence-corrected chi connectivity index (χ1v) is 14.0. The molecule has 8 nitrogen and oxygen atoms in total. The van der Waals surface area contributed by atoms with E-state index in [1.54, 1.807) is 6.08 Å². The van der Waals surface area contributed by atoms with Crippen LogP contribution in [0.4, 0.5) is 0 Å². The summed E-state index contributed by atoms with van der Waals surface area (Å²) < 4.78 is 14.0. The third-order valence-corrected chi connectivity index (χ3v) is 8.06. The molecule has 12 heteroatoms. The summed E-state index contributed by atoms with van der Waals surface area (Å²) in [6.45, 7) is 1.79. The fourth-order valence-corrected chi connectivity index (χ4v) is 6.92. The van der Waals surface area contributed by atoms with Crippen LogP contribution in [0.5, 0.6) is 5.75 Å². The number of likely N-dealkylation sites (N-methyl/N-ethyl adjacent to an activating group) is 1. The van der Waals surface area contributed by atoms with Gasteiger partial charge in [-0.15, -0.1) is 0 Å². The lowest BCUT2D eigenvalue weighted by atomic mass is 9.87. The molecule has 1 aromatic carbocycles. The third-order valence-electron chi connectivity index (χ3n) is 5.50. The number of carbonyl (C=O) groups excluding carboxylic acids is 1. The summed E-state index contributed by atoms with van der Waals surface area (Å²) in [6.07, 6.45) is 2.27. The number of amides is 1. The van der Waals surface area contributed by atoms with Crippen molar-refractivity contribution in [3.05, 3.63) is 47.4 Å². The van der Waals surface area contributed by atoms with Crippen LogP contribution >= 0.6 is 63.7 Å². The molecule has 0 aromatic heterocycles. The van der Waals surface area contributed by atoms with Crippen LogP contribution in [-0.4, -0.2) is 74.2 Å². The van der Waals surface area contributed by atoms with Gasteiger partial charge in [0.25, 0.3) is 5.91 Å². The van der Waals surface area contributed by atoms with Gasteiger partial charge in [-0.25, -0.2) is 0 Å². The second-order valence-corrected chi connectivity index (χ2v) is 11.9. The topological polar surface area (TPSA) is 92.6 Å². The van der Waals surface area contributed by atoms with E-state index in [1.807, 2.05) is 14.1 Å². The van der Waals surface area contributed by atoms with Gasteiger partial charge in [-0.3, -0.25) is 4.79 Å². The zero-order chi connectivity index (χ0) is 25.8. The number of nitrogens with one attached hydrogen (secondary N) is 1. The highest BCUT2D eigenvalue weighted by molar-refractivity contribution is 9.12. The Morgan fingerprint density at radius 3 is 2.60 bits per heavy atom. The van der Waals surface area contributed by atoms with Crippen LogP contribution < -0.4 is 10.1 Å². The quantitative estimate of drug-likeness (QED) is 0.340. The molecule has 1 amide bonds. The van der Waals surface area contributed by atoms with Gasteiger partial charge in [-0.2, -0.15) is 0 Å². The minimum atomic E-state index is -1.17.